The van der Waals surface area contributed by atoms with Crippen molar-refractivity contribution in [2.75, 3.05) is 12.8 Å². The summed E-state index contributed by atoms with van der Waals surface area (Å²) in [7, 11) is 0.905. The molecule has 2 aromatic heterocycles. The lowest BCUT2D eigenvalue weighted by Crippen LogP contribution is -2.27. The Labute approximate surface area is 174 Å². The number of aryl methyl sites for hydroxylation is 1. The molecule has 0 bridgehead atoms. The molecule has 0 aromatic carbocycles. The van der Waals surface area contributed by atoms with Crippen LogP contribution in [0.15, 0.2) is 12.1 Å². The van der Waals surface area contributed by atoms with Gasteiger partial charge < -0.3 is 0 Å². The highest BCUT2D eigenvalue weighted by atomic mass is 32.2. The van der Waals surface area contributed by atoms with Crippen LogP contribution in [0.25, 0.3) is 0 Å². The smallest absolute Gasteiger partial charge is 0.267 e. The molecule has 29 heavy (non-hydrogen) atoms. The van der Waals surface area contributed by atoms with E-state index in [4.69, 9.17) is 4.84 Å². The number of nitrogens with zero attached hydrogens (tertiary/aromatic N) is 5. The molecular weight excluding hydrogens is 390 g/mol. The number of carbonyl (C=O) groups is 1. The first-order chi connectivity index (χ1) is 13.7. The number of fused-ring (bicyclic) bond motifs is 2. The van der Waals surface area contributed by atoms with Gasteiger partial charge >= 0.3 is 0 Å². The Morgan fingerprint density at radius 3 is 2.31 bits per heavy atom. The van der Waals surface area contributed by atoms with E-state index < -0.39 is 10.8 Å². The van der Waals surface area contributed by atoms with Crippen molar-refractivity contribution in [3.63, 3.8) is 0 Å². The number of carbonyl (C=O) groups excluding carboxylic acids is 1. The Bertz CT molecular complexity index is 887. The van der Waals surface area contributed by atoms with Gasteiger partial charge in [0.25, 0.3) is 5.91 Å². The number of rotatable bonds is 2. The van der Waals surface area contributed by atoms with Crippen molar-refractivity contribution in [3.05, 3.63) is 34.9 Å². The highest BCUT2D eigenvalue weighted by Crippen LogP contribution is 2.19. The van der Waals surface area contributed by atoms with E-state index in [9.17, 15) is 9.00 Å². The van der Waals surface area contributed by atoms with Crippen LogP contribution in [0.5, 0.6) is 0 Å². The maximum absolute atomic E-state index is 11.5. The third-order valence-electron chi connectivity index (χ3n) is 5.06. The Hall–Kier alpha value is -2.00. The van der Waals surface area contributed by atoms with Gasteiger partial charge in [0.2, 0.25) is 0 Å². The van der Waals surface area contributed by atoms with Crippen LogP contribution in [0.4, 0.5) is 0 Å². The topological polar surface area (TPSA) is 82.2 Å². The molecule has 0 aliphatic carbocycles. The van der Waals surface area contributed by atoms with E-state index in [0.29, 0.717) is 24.3 Å². The molecule has 1 atom stereocenters. The molecule has 4 heterocycles. The first-order valence-electron chi connectivity index (χ1n) is 10.1. The first-order valence-corrected chi connectivity index (χ1v) is 11.6. The fourth-order valence-electron chi connectivity index (χ4n) is 3.16. The average Bonchev–Trinajstić information content (AvgIpc) is 3.16. The maximum atomic E-state index is 11.5. The van der Waals surface area contributed by atoms with Gasteiger partial charge in [-0.1, -0.05) is 27.7 Å². The summed E-state index contributed by atoms with van der Waals surface area (Å²) in [6.45, 7) is 9.10. The average molecular weight is 422 g/mol. The molecule has 0 saturated carbocycles. The summed E-state index contributed by atoms with van der Waals surface area (Å²) in [5, 5.41) is 10.1. The zero-order valence-electron chi connectivity index (χ0n) is 17.9. The summed E-state index contributed by atoms with van der Waals surface area (Å²) in [6.07, 6.45) is 2.04. The van der Waals surface area contributed by atoms with Crippen LogP contribution in [-0.4, -0.2) is 47.5 Å². The molecule has 0 spiro atoms. The van der Waals surface area contributed by atoms with Crippen LogP contribution in [0.2, 0.25) is 0 Å². The second-order valence-electron chi connectivity index (χ2n) is 8.13. The fourth-order valence-corrected chi connectivity index (χ4v) is 4.26. The normalized spacial score (nSPS) is 19.3. The lowest BCUT2D eigenvalue weighted by molar-refractivity contribution is -0.180. The van der Waals surface area contributed by atoms with Gasteiger partial charge in [0.15, 0.2) is 0 Å². The highest BCUT2D eigenvalue weighted by Gasteiger charge is 2.20. The van der Waals surface area contributed by atoms with Crippen molar-refractivity contribution < 1.29 is 13.8 Å². The summed E-state index contributed by atoms with van der Waals surface area (Å²) < 4.78 is 15.1. The standard InChI is InChI=1S/C10H15N3O2.C10H16N2OS/c1-7(2)9-4-8-6-15-12(3)10(14)5-13(8)11-9;1-8(2)10-6-9-4-3-5-14(13)7-12(9)11-10/h4,7H,5-6H2,1-3H3;6,8H,3-5,7H2,1-2H3. The molecule has 0 saturated heterocycles. The molecule has 8 nitrogen and oxygen atoms in total. The van der Waals surface area contributed by atoms with Crippen molar-refractivity contribution in [1.82, 2.24) is 24.6 Å². The van der Waals surface area contributed by atoms with E-state index >= 15 is 0 Å². The molecule has 0 radical (unpaired) electrons. The van der Waals surface area contributed by atoms with Crippen LogP contribution in [-0.2, 0) is 45.9 Å². The molecule has 2 aromatic rings. The number of aromatic nitrogens is 4. The number of hydrogen-bond acceptors (Lipinski definition) is 5. The summed E-state index contributed by atoms with van der Waals surface area (Å²) in [6, 6.07) is 4.16. The Morgan fingerprint density at radius 2 is 1.66 bits per heavy atom. The lowest BCUT2D eigenvalue weighted by Gasteiger charge is -2.11. The second-order valence-corrected chi connectivity index (χ2v) is 9.68. The van der Waals surface area contributed by atoms with Crippen molar-refractivity contribution >= 4 is 16.7 Å². The summed E-state index contributed by atoms with van der Waals surface area (Å²) >= 11 is 0. The number of likely N-dealkylation sites (N-methyl/N-ethyl adjacent to an activating group) is 1. The van der Waals surface area contributed by atoms with Gasteiger partial charge in [-0.15, -0.1) is 0 Å². The van der Waals surface area contributed by atoms with E-state index in [1.54, 1.807) is 11.7 Å². The largest absolute Gasteiger partial charge is 0.270 e. The molecule has 0 fully saturated rings. The quantitative estimate of drug-likeness (QED) is 0.744. The van der Waals surface area contributed by atoms with Crippen LogP contribution < -0.4 is 0 Å². The number of hydrogen-bond donors (Lipinski definition) is 0. The number of hydroxylamine groups is 2. The molecule has 4 rings (SSSR count). The fraction of sp³-hybridized carbons (Fsp3) is 0.650. The minimum atomic E-state index is -0.718. The van der Waals surface area contributed by atoms with Gasteiger partial charge in [0.1, 0.15) is 19.0 Å². The van der Waals surface area contributed by atoms with Crippen molar-refractivity contribution in [2.45, 2.75) is 71.4 Å². The van der Waals surface area contributed by atoms with Gasteiger partial charge in [-0.05, 0) is 36.8 Å². The van der Waals surface area contributed by atoms with Crippen molar-refractivity contribution in [3.8, 4) is 0 Å². The molecular formula is C20H31N5O3S. The van der Waals surface area contributed by atoms with Crippen molar-refractivity contribution in [1.29, 1.82) is 0 Å². The van der Waals surface area contributed by atoms with Crippen LogP contribution >= 0.6 is 0 Å². The van der Waals surface area contributed by atoms with E-state index in [0.717, 1.165) is 35.7 Å². The van der Waals surface area contributed by atoms with E-state index in [1.165, 1.54) is 10.8 Å². The lowest BCUT2D eigenvalue weighted by atomic mass is 10.1. The molecule has 160 valence electrons. The van der Waals surface area contributed by atoms with E-state index in [-0.39, 0.29) is 12.5 Å². The highest BCUT2D eigenvalue weighted by molar-refractivity contribution is 7.83. The predicted molar refractivity (Wildman–Crippen MR) is 112 cm³/mol. The number of amides is 1. The first kappa shape index (κ1) is 21.7. The summed E-state index contributed by atoms with van der Waals surface area (Å²) in [5.74, 6) is 2.16. The molecule has 9 heteroatoms. The monoisotopic (exact) mass is 421 g/mol. The Balaban J connectivity index is 0.000000166. The van der Waals surface area contributed by atoms with Gasteiger partial charge in [-0.3, -0.25) is 23.2 Å². The SMILES string of the molecule is CC(C)c1cc2n(n1)CC(=O)N(C)OC2.CC(C)c1cc2n(n1)CS(=O)CCC2. The van der Waals surface area contributed by atoms with Crippen LogP contribution in [0.1, 0.15) is 68.7 Å². The van der Waals surface area contributed by atoms with Gasteiger partial charge in [-0.25, -0.2) is 5.06 Å². The van der Waals surface area contributed by atoms with Crippen LogP contribution in [0, 0.1) is 0 Å². The molecule has 2 aliphatic rings. The Morgan fingerprint density at radius 1 is 1.03 bits per heavy atom. The van der Waals surface area contributed by atoms with Gasteiger partial charge in [0.05, 0.1) is 17.1 Å². The molecule has 1 unspecified atom stereocenters. The third kappa shape index (κ3) is 5.33. The van der Waals surface area contributed by atoms with E-state index in [2.05, 4.69) is 44.0 Å². The molecule has 0 N–H and O–H groups in total. The maximum Gasteiger partial charge on any atom is 0.267 e. The van der Waals surface area contributed by atoms with Crippen LogP contribution in [0.3, 0.4) is 0 Å². The minimum absolute atomic E-state index is 0.0767. The summed E-state index contributed by atoms with van der Waals surface area (Å²) in [5.41, 5.74) is 4.33. The second kappa shape index (κ2) is 9.21. The van der Waals surface area contributed by atoms with Gasteiger partial charge in [-0.2, -0.15) is 10.2 Å². The predicted octanol–water partition coefficient (Wildman–Crippen LogP) is 2.57. The minimum Gasteiger partial charge on any atom is -0.270 e. The zero-order valence-corrected chi connectivity index (χ0v) is 18.7. The molecule has 2 aliphatic heterocycles. The third-order valence-corrected chi connectivity index (χ3v) is 6.34. The van der Waals surface area contributed by atoms with E-state index in [1.807, 2.05) is 10.7 Å². The van der Waals surface area contributed by atoms with Gasteiger partial charge in [0, 0.05) is 29.3 Å². The Kier molecular flexibility index (Phi) is 6.89. The molecule has 1 amide bonds. The summed E-state index contributed by atoms with van der Waals surface area (Å²) in [4.78, 5) is 16.8. The zero-order chi connectivity index (χ0) is 21.1. The van der Waals surface area contributed by atoms with Crippen molar-refractivity contribution in [2.24, 2.45) is 0 Å².